The second-order valence-corrected chi connectivity index (χ2v) is 8.13. The molecule has 32 heavy (non-hydrogen) atoms. The van der Waals surface area contributed by atoms with Gasteiger partial charge in [-0.15, -0.1) is 10.2 Å². The Balaban J connectivity index is 1.44. The lowest BCUT2D eigenvalue weighted by molar-refractivity contribution is 0.102. The number of aromatic nitrogens is 2. The van der Waals surface area contributed by atoms with Crippen LogP contribution in [0, 0.1) is 5.82 Å². The van der Waals surface area contributed by atoms with E-state index in [0.29, 0.717) is 35.3 Å². The summed E-state index contributed by atoms with van der Waals surface area (Å²) in [6.07, 6.45) is 1.55. The zero-order chi connectivity index (χ0) is 22.5. The number of carbonyl (C=O) groups is 2. The van der Waals surface area contributed by atoms with Crippen LogP contribution in [-0.4, -0.2) is 40.2 Å². The van der Waals surface area contributed by atoms with Crippen molar-refractivity contribution in [2.45, 2.75) is 25.8 Å². The number of urea groups is 1. The molecule has 1 saturated heterocycles. The Bertz CT molecular complexity index is 1100. The maximum absolute atomic E-state index is 13.0. The van der Waals surface area contributed by atoms with Gasteiger partial charge in [-0.2, -0.15) is 0 Å². The number of para-hydroxylation sites is 2. The maximum atomic E-state index is 13.0. The summed E-state index contributed by atoms with van der Waals surface area (Å²) in [5.74, 6) is -0.209. The Kier molecular flexibility index (Phi) is 6.60. The standard InChI is InChI=1S/C22H22FN5O3S/c1-2-31-18-8-4-3-6-16(18)25-22(30)28-13-5-7-17(28)20-26-27-21(32-20)19(29)24-15-11-9-14(23)10-12-15/h3-4,6,8-12,17H,2,5,7,13H2,1H3,(H,24,29)(H,25,30). The second-order valence-electron chi connectivity index (χ2n) is 7.12. The Morgan fingerprint density at radius 3 is 2.72 bits per heavy atom. The van der Waals surface area contributed by atoms with Gasteiger partial charge in [-0.3, -0.25) is 4.79 Å². The quantitative estimate of drug-likeness (QED) is 0.562. The monoisotopic (exact) mass is 455 g/mol. The third kappa shape index (κ3) is 4.86. The first kappa shape index (κ1) is 21.7. The molecule has 1 aromatic heterocycles. The van der Waals surface area contributed by atoms with Gasteiger partial charge in [0.05, 0.1) is 18.3 Å². The van der Waals surface area contributed by atoms with E-state index in [1.54, 1.807) is 17.0 Å². The summed E-state index contributed by atoms with van der Waals surface area (Å²) in [6, 6.07) is 12.2. The maximum Gasteiger partial charge on any atom is 0.322 e. The van der Waals surface area contributed by atoms with Gasteiger partial charge in [0.15, 0.2) is 0 Å². The van der Waals surface area contributed by atoms with Crippen molar-refractivity contribution in [3.05, 3.63) is 64.4 Å². The van der Waals surface area contributed by atoms with E-state index in [-0.39, 0.29) is 22.9 Å². The van der Waals surface area contributed by atoms with Crippen molar-refractivity contribution in [2.75, 3.05) is 23.8 Å². The lowest BCUT2D eigenvalue weighted by Crippen LogP contribution is -2.34. The minimum Gasteiger partial charge on any atom is -0.492 e. The Hall–Kier alpha value is -3.53. The Morgan fingerprint density at radius 2 is 1.94 bits per heavy atom. The van der Waals surface area contributed by atoms with Gasteiger partial charge in [0.2, 0.25) is 5.01 Å². The number of rotatable bonds is 6. The highest BCUT2D eigenvalue weighted by molar-refractivity contribution is 7.13. The largest absolute Gasteiger partial charge is 0.492 e. The fourth-order valence-corrected chi connectivity index (χ4v) is 4.37. The highest BCUT2D eigenvalue weighted by atomic mass is 32.1. The molecule has 3 aromatic rings. The number of hydrogen-bond donors (Lipinski definition) is 2. The van der Waals surface area contributed by atoms with Gasteiger partial charge in [0.1, 0.15) is 16.6 Å². The van der Waals surface area contributed by atoms with Gasteiger partial charge in [0, 0.05) is 12.2 Å². The zero-order valence-corrected chi connectivity index (χ0v) is 18.2. The molecule has 1 unspecified atom stereocenters. The van der Waals surface area contributed by atoms with Crippen molar-refractivity contribution in [3.63, 3.8) is 0 Å². The average Bonchev–Trinajstić information content (AvgIpc) is 3.46. The Labute approximate surface area is 188 Å². The van der Waals surface area contributed by atoms with E-state index >= 15 is 0 Å². The number of halogens is 1. The van der Waals surface area contributed by atoms with Gasteiger partial charge >= 0.3 is 6.03 Å². The van der Waals surface area contributed by atoms with E-state index in [4.69, 9.17) is 4.74 Å². The molecule has 3 amide bonds. The van der Waals surface area contributed by atoms with Crippen molar-refractivity contribution in [1.29, 1.82) is 0 Å². The summed E-state index contributed by atoms with van der Waals surface area (Å²) in [4.78, 5) is 27.1. The first-order valence-corrected chi connectivity index (χ1v) is 11.1. The van der Waals surface area contributed by atoms with E-state index in [0.717, 1.165) is 24.2 Å². The summed E-state index contributed by atoms with van der Waals surface area (Å²) in [5.41, 5.74) is 1.06. The van der Waals surface area contributed by atoms with Crippen LogP contribution < -0.4 is 15.4 Å². The molecule has 0 spiro atoms. The topological polar surface area (TPSA) is 96.4 Å². The fraction of sp³-hybridized carbons (Fsp3) is 0.273. The van der Waals surface area contributed by atoms with Crippen LogP contribution in [0.3, 0.4) is 0 Å². The van der Waals surface area contributed by atoms with Crippen LogP contribution in [0.1, 0.15) is 40.6 Å². The van der Waals surface area contributed by atoms with Crippen LogP contribution >= 0.6 is 11.3 Å². The van der Waals surface area contributed by atoms with Crippen molar-refractivity contribution in [1.82, 2.24) is 15.1 Å². The van der Waals surface area contributed by atoms with Crippen molar-refractivity contribution < 1.29 is 18.7 Å². The lowest BCUT2D eigenvalue weighted by atomic mass is 10.2. The molecule has 2 N–H and O–H groups in total. The molecule has 10 heteroatoms. The van der Waals surface area contributed by atoms with Crippen LogP contribution in [0.5, 0.6) is 5.75 Å². The smallest absolute Gasteiger partial charge is 0.322 e. The van der Waals surface area contributed by atoms with E-state index in [1.165, 1.54) is 24.3 Å². The number of likely N-dealkylation sites (tertiary alicyclic amines) is 1. The van der Waals surface area contributed by atoms with Gasteiger partial charge in [-0.1, -0.05) is 23.5 Å². The number of nitrogens with zero attached hydrogens (tertiary/aromatic N) is 3. The van der Waals surface area contributed by atoms with E-state index < -0.39 is 5.91 Å². The van der Waals surface area contributed by atoms with Crippen molar-refractivity contribution >= 4 is 34.6 Å². The summed E-state index contributed by atoms with van der Waals surface area (Å²) in [5, 5.41) is 14.5. The minimum absolute atomic E-state index is 0.179. The van der Waals surface area contributed by atoms with Gasteiger partial charge in [0.25, 0.3) is 5.91 Å². The predicted molar refractivity (Wildman–Crippen MR) is 120 cm³/mol. The SMILES string of the molecule is CCOc1ccccc1NC(=O)N1CCCC1c1nnc(C(=O)Nc2ccc(F)cc2)s1. The van der Waals surface area contributed by atoms with Crippen molar-refractivity contribution in [2.24, 2.45) is 0 Å². The number of hydrogen-bond acceptors (Lipinski definition) is 6. The molecule has 166 valence electrons. The molecule has 0 bridgehead atoms. The predicted octanol–water partition coefficient (Wildman–Crippen LogP) is 4.70. The lowest BCUT2D eigenvalue weighted by Gasteiger charge is -2.23. The highest BCUT2D eigenvalue weighted by Crippen LogP contribution is 2.35. The fourth-order valence-electron chi connectivity index (χ4n) is 3.48. The number of amides is 3. The molecule has 0 saturated carbocycles. The molecule has 1 aliphatic rings. The number of nitrogens with one attached hydrogen (secondary N) is 2. The average molecular weight is 456 g/mol. The summed E-state index contributed by atoms with van der Waals surface area (Å²) in [7, 11) is 0. The molecule has 8 nitrogen and oxygen atoms in total. The highest BCUT2D eigenvalue weighted by Gasteiger charge is 2.33. The molecule has 2 aromatic carbocycles. The first-order chi connectivity index (χ1) is 15.5. The normalized spacial score (nSPS) is 15.4. The summed E-state index contributed by atoms with van der Waals surface area (Å²) < 4.78 is 18.6. The summed E-state index contributed by atoms with van der Waals surface area (Å²) >= 11 is 1.14. The van der Waals surface area contributed by atoms with Gasteiger partial charge in [-0.25, -0.2) is 9.18 Å². The third-order valence-electron chi connectivity index (χ3n) is 4.96. The number of anilines is 2. The molecule has 2 heterocycles. The second kappa shape index (κ2) is 9.73. The van der Waals surface area contributed by atoms with Crippen LogP contribution in [0.2, 0.25) is 0 Å². The molecule has 1 aliphatic heterocycles. The van der Waals surface area contributed by atoms with Crippen LogP contribution in [-0.2, 0) is 0 Å². The molecular formula is C22H22FN5O3S. The first-order valence-electron chi connectivity index (χ1n) is 10.2. The minimum atomic E-state index is -0.431. The summed E-state index contributed by atoms with van der Waals surface area (Å²) in [6.45, 7) is 2.95. The number of benzene rings is 2. The third-order valence-corrected chi connectivity index (χ3v) is 5.99. The number of ether oxygens (including phenoxy) is 1. The molecule has 0 aliphatic carbocycles. The number of carbonyl (C=O) groups excluding carboxylic acids is 2. The van der Waals surface area contributed by atoms with Crippen LogP contribution in [0.4, 0.5) is 20.6 Å². The molecule has 4 rings (SSSR count). The molecule has 1 fully saturated rings. The van der Waals surface area contributed by atoms with Gasteiger partial charge in [-0.05, 0) is 56.2 Å². The van der Waals surface area contributed by atoms with Crippen LogP contribution in [0.15, 0.2) is 48.5 Å². The van der Waals surface area contributed by atoms with Crippen molar-refractivity contribution in [3.8, 4) is 5.75 Å². The molecule has 0 radical (unpaired) electrons. The van der Waals surface area contributed by atoms with E-state index in [1.807, 2.05) is 19.1 Å². The molecule has 1 atom stereocenters. The van der Waals surface area contributed by atoms with E-state index in [9.17, 15) is 14.0 Å². The van der Waals surface area contributed by atoms with E-state index in [2.05, 4.69) is 20.8 Å². The molecular weight excluding hydrogens is 433 g/mol. The Morgan fingerprint density at radius 1 is 1.16 bits per heavy atom. The van der Waals surface area contributed by atoms with Crippen LogP contribution in [0.25, 0.3) is 0 Å². The van der Waals surface area contributed by atoms with Gasteiger partial charge < -0.3 is 20.3 Å². The zero-order valence-electron chi connectivity index (χ0n) is 17.4.